The molecule has 0 bridgehead atoms. The first kappa shape index (κ1) is 17.9. The standard InChI is InChI=1S/C13H9Cl3F3N3O/c1-6-11(16)12(13(17,18)19)21-22(6)5-10(23)20-9-4-7(14)2-3-8(9)15/h2-4H,5H2,1H3,(H,20,23). The molecule has 124 valence electrons. The van der Waals surface area contributed by atoms with E-state index >= 15 is 0 Å². The number of carbonyl (C=O) groups is 1. The van der Waals surface area contributed by atoms with Crippen molar-refractivity contribution in [3.8, 4) is 0 Å². The van der Waals surface area contributed by atoms with Crippen LogP contribution in [0.2, 0.25) is 15.1 Å². The van der Waals surface area contributed by atoms with E-state index in [4.69, 9.17) is 34.8 Å². The summed E-state index contributed by atoms with van der Waals surface area (Å²) in [6.07, 6.45) is -4.69. The van der Waals surface area contributed by atoms with Crippen molar-refractivity contribution in [3.63, 3.8) is 0 Å². The van der Waals surface area contributed by atoms with Crippen LogP contribution in [0.1, 0.15) is 11.4 Å². The molecule has 0 aliphatic carbocycles. The minimum atomic E-state index is -4.69. The minimum absolute atomic E-state index is 0.0336. The predicted molar refractivity (Wildman–Crippen MR) is 82.1 cm³/mol. The number of anilines is 1. The SMILES string of the molecule is Cc1c(Cl)c(C(F)(F)F)nn1CC(=O)Nc1cc(Cl)ccc1Cl. The summed E-state index contributed by atoms with van der Waals surface area (Å²) < 4.78 is 39.1. The number of nitrogens with zero attached hydrogens (tertiary/aromatic N) is 2. The maximum absolute atomic E-state index is 12.7. The number of carbonyl (C=O) groups excluding carboxylic acids is 1. The van der Waals surface area contributed by atoms with Crippen molar-refractivity contribution >= 4 is 46.4 Å². The first-order valence-electron chi connectivity index (χ1n) is 6.14. The lowest BCUT2D eigenvalue weighted by atomic mass is 10.3. The van der Waals surface area contributed by atoms with Gasteiger partial charge in [0.25, 0.3) is 0 Å². The van der Waals surface area contributed by atoms with Crippen molar-refractivity contribution < 1.29 is 18.0 Å². The van der Waals surface area contributed by atoms with Gasteiger partial charge in [0.15, 0.2) is 5.69 Å². The molecule has 1 heterocycles. The fourth-order valence-corrected chi connectivity index (χ4v) is 2.36. The van der Waals surface area contributed by atoms with Crippen molar-refractivity contribution in [1.82, 2.24) is 9.78 Å². The van der Waals surface area contributed by atoms with Crippen molar-refractivity contribution in [2.45, 2.75) is 19.6 Å². The topological polar surface area (TPSA) is 46.9 Å². The highest BCUT2D eigenvalue weighted by Gasteiger charge is 2.38. The van der Waals surface area contributed by atoms with Gasteiger partial charge in [-0.1, -0.05) is 34.8 Å². The van der Waals surface area contributed by atoms with Crippen LogP contribution in [0.15, 0.2) is 18.2 Å². The number of aromatic nitrogens is 2. The van der Waals surface area contributed by atoms with E-state index in [0.29, 0.717) is 5.02 Å². The molecule has 2 aromatic rings. The third-order valence-electron chi connectivity index (χ3n) is 2.90. The average molecular weight is 387 g/mol. The number of alkyl halides is 3. The van der Waals surface area contributed by atoms with Gasteiger partial charge in [-0.05, 0) is 25.1 Å². The van der Waals surface area contributed by atoms with Gasteiger partial charge < -0.3 is 5.32 Å². The average Bonchev–Trinajstić information content (AvgIpc) is 2.71. The normalized spacial score (nSPS) is 11.6. The summed E-state index contributed by atoms with van der Waals surface area (Å²) in [5, 5.41) is 5.85. The Hall–Kier alpha value is -1.44. The van der Waals surface area contributed by atoms with Crippen molar-refractivity contribution in [1.29, 1.82) is 0 Å². The highest BCUT2D eigenvalue weighted by molar-refractivity contribution is 6.35. The molecule has 0 saturated heterocycles. The first-order chi connectivity index (χ1) is 10.6. The smallest absolute Gasteiger partial charge is 0.323 e. The van der Waals surface area contributed by atoms with E-state index in [2.05, 4.69) is 10.4 Å². The summed E-state index contributed by atoms with van der Waals surface area (Å²) in [5.41, 5.74) is -0.951. The van der Waals surface area contributed by atoms with Gasteiger partial charge in [-0.2, -0.15) is 18.3 Å². The molecule has 10 heteroatoms. The number of hydrogen-bond acceptors (Lipinski definition) is 2. The summed E-state index contributed by atoms with van der Waals surface area (Å²) in [5.74, 6) is -0.620. The number of halogens is 6. The zero-order valence-corrected chi connectivity index (χ0v) is 13.8. The quantitative estimate of drug-likeness (QED) is 0.823. The lowest BCUT2D eigenvalue weighted by Gasteiger charge is -2.08. The van der Waals surface area contributed by atoms with Crippen LogP contribution in [0.25, 0.3) is 0 Å². The van der Waals surface area contributed by atoms with Crippen LogP contribution in [0, 0.1) is 6.92 Å². The maximum atomic E-state index is 12.7. The molecule has 1 amide bonds. The Balaban J connectivity index is 2.19. The third-order valence-corrected chi connectivity index (χ3v) is 3.92. The second-order valence-corrected chi connectivity index (χ2v) is 5.80. The molecule has 0 radical (unpaired) electrons. The molecule has 1 aromatic carbocycles. The van der Waals surface area contributed by atoms with Crippen LogP contribution in [0.5, 0.6) is 0 Å². The van der Waals surface area contributed by atoms with Crippen LogP contribution in [0.3, 0.4) is 0 Å². The third kappa shape index (κ3) is 4.10. The fraction of sp³-hybridized carbons (Fsp3) is 0.231. The summed E-state index contributed by atoms with van der Waals surface area (Å²) >= 11 is 17.3. The molecule has 23 heavy (non-hydrogen) atoms. The van der Waals surface area contributed by atoms with Crippen LogP contribution >= 0.6 is 34.8 Å². The van der Waals surface area contributed by atoms with Gasteiger partial charge in [-0.3, -0.25) is 9.48 Å². The van der Waals surface area contributed by atoms with Crippen molar-refractivity contribution in [2.24, 2.45) is 0 Å². The molecule has 0 saturated carbocycles. The van der Waals surface area contributed by atoms with Gasteiger partial charge in [0.1, 0.15) is 6.54 Å². The first-order valence-corrected chi connectivity index (χ1v) is 7.28. The number of hydrogen-bond donors (Lipinski definition) is 1. The summed E-state index contributed by atoms with van der Waals surface area (Å²) in [6.45, 7) is 0.884. The van der Waals surface area contributed by atoms with E-state index in [9.17, 15) is 18.0 Å². The van der Waals surface area contributed by atoms with E-state index < -0.39 is 29.3 Å². The van der Waals surface area contributed by atoms with Gasteiger partial charge >= 0.3 is 6.18 Å². The van der Waals surface area contributed by atoms with E-state index in [1.165, 1.54) is 25.1 Å². The largest absolute Gasteiger partial charge is 0.436 e. The van der Waals surface area contributed by atoms with E-state index in [0.717, 1.165) is 4.68 Å². The zero-order chi connectivity index (χ0) is 17.4. The van der Waals surface area contributed by atoms with Crippen molar-refractivity contribution in [2.75, 3.05) is 5.32 Å². The summed E-state index contributed by atoms with van der Waals surface area (Å²) in [6, 6.07) is 4.44. The molecule has 0 fully saturated rings. The Morgan fingerprint density at radius 2 is 1.96 bits per heavy atom. The van der Waals surface area contributed by atoms with Crippen LogP contribution in [-0.4, -0.2) is 15.7 Å². The molecule has 0 aliphatic heterocycles. The summed E-state index contributed by atoms with van der Waals surface area (Å²) in [4.78, 5) is 12.0. The number of rotatable bonds is 3. The second-order valence-electron chi connectivity index (χ2n) is 4.58. The Morgan fingerprint density at radius 3 is 2.52 bits per heavy atom. The van der Waals surface area contributed by atoms with Crippen LogP contribution < -0.4 is 5.32 Å². The van der Waals surface area contributed by atoms with Gasteiger partial charge in [0.2, 0.25) is 5.91 Å². The van der Waals surface area contributed by atoms with E-state index in [1.54, 1.807) is 0 Å². The van der Waals surface area contributed by atoms with Gasteiger partial charge in [0, 0.05) is 5.02 Å². The van der Waals surface area contributed by atoms with Gasteiger partial charge in [-0.15, -0.1) is 0 Å². The molecular formula is C13H9Cl3F3N3O. The molecule has 0 spiro atoms. The Morgan fingerprint density at radius 1 is 1.30 bits per heavy atom. The fourth-order valence-electron chi connectivity index (χ4n) is 1.78. The minimum Gasteiger partial charge on any atom is -0.323 e. The zero-order valence-electron chi connectivity index (χ0n) is 11.5. The van der Waals surface area contributed by atoms with Crippen LogP contribution in [-0.2, 0) is 17.5 Å². The lowest BCUT2D eigenvalue weighted by Crippen LogP contribution is -2.21. The molecule has 2 rings (SSSR count). The molecule has 1 N–H and O–H groups in total. The molecule has 0 atom stereocenters. The molecule has 0 unspecified atom stereocenters. The second kappa shape index (κ2) is 6.59. The van der Waals surface area contributed by atoms with Crippen LogP contribution in [0.4, 0.5) is 18.9 Å². The number of nitrogens with one attached hydrogen (secondary N) is 1. The summed E-state index contributed by atoms with van der Waals surface area (Å²) in [7, 11) is 0. The van der Waals surface area contributed by atoms with E-state index in [1.807, 2.05) is 0 Å². The highest BCUT2D eigenvalue weighted by Crippen LogP contribution is 2.35. The van der Waals surface area contributed by atoms with E-state index in [-0.39, 0.29) is 16.4 Å². The Bertz CT molecular complexity index is 759. The molecule has 1 aromatic heterocycles. The molecule has 4 nitrogen and oxygen atoms in total. The number of benzene rings is 1. The monoisotopic (exact) mass is 385 g/mol. The van der Waals surface area contributed by atoms with Crippen molar-refractivity contribution in [3.05, 3.63) is 44.7 Å². The highest BCUT2D eigenvalue weighted by atomic mass is 35.5. The molecular weight excluding hydrogens is 378 g/mol. The Kier molecular flexibility index (Phi) is 5.13. The number of amides is 1. The lowest BCUT2D eigenvalue weighted by molar-refractivity contribution is -0.141. The Labute approximate surface area is 144 Å². The van der Waals surface area contributed by atoms with Gasteiger partial charge in [-0.25, -0.2) is 0 Å². The van der Waals surface area contributed by atoms with Gasteiger partial charge in [0.05, 0.1) is 21.4 Å². The predicted octanol–water partition coefficient (Wildman–Crippen LogP) is 4.81. The molecule has 0 aliphatic rings. The maximum Gasteiger partial charge on any atom is 0.436 e.